The van der Waals surface area contributed by atoms with Crippen LogP contribution in [0.2, 0.25) is 5.02 Å². The first-order chi connectivity index (χ1) is 12.7. The molecule has 1 aromatic heterocycles. The minimum Gasteiger partial charge on any atom is -0.347 e. The van der Waals surface area contributed by atoms with Gasteiger partial charge in [-0.25, -0.2) is 0 Å². The van der Waals surface area contributed by atoms with Gasteiger partial charge in [-0.15, -0.1) is 0 Å². The van der Waals surface area contributed by atoms with Crippen molar-refractivity contribution in [3.05, 3.63) is 70.9 Å². The molecule has 2 aromatic carbocycles. The van der Waals surface area contributed by atoms with Crippen LogP contribution in [-0.2, 0) is 6.54 Å². The van der Waals surface area contributed by atoms with E-state index in [4.69, 9.17) is 11.6 Å². The van der Waals surface area contributed by atoms with Crippen LogP contribution in [0, 0.1) is 0 Å². The van der Waals surface area contributed by atoms with Crippen LogP contribution in [0.15, 0.2) is 54.7 Å². The first kappa shape index (κ1) is 18.7. The molecule has 0 radical (unpaired) electrons. The van der Waals surface area contributed by atoms with E-state index in [0.29, 0.717) is 10.6 Å². The number of nitrogens with zero attached hydrogens (tertiary/aromatic N) is 1. The number of benzene rings is 2. The molecule has 0 spiro atoms. The third kappa shape index (κ3) is 4.19. The SMILES string of the molecule is CCCCCCCCn1cc(C(=O)c2ccccc2Cl)c2ccccc21. The van der Waals surface area contributed by atoms with Gasteiger partial charge in [-0.1, -0.05) is 81.0 Å². The van der Waals surface area contributed by atoms with Crippen LogP contribution in [0.3, 0.4) is 0 Å². The molecule has 3 rings (SSSR count). The standard InChI is InChI=1S/C23H26ClNO/c1-2-3-4-5-6-11-16-25-17-20(18-12-8-10-15-22(18)25)23(26)19-13-7-9-14-21(19)24/h7-10,12-15,17H,2-6,11,16H2,1H3. The van der Waals surface area contributed by atoms with Gasteiger partial charge in [0.1, 0.15) is 0 Å². The van der Waals surface area contributed by atoms with Crippen LogP contribution < -0.4 is 0 Å². The van der Waals surface area contributed by atoms with Crippen molar-refractivity contribution in [1.82, 2.24) is 4.57 Å². The first-order valence-electron chi connectivity index (χ1n) is 9.59. The average molecular weight is 368 g/mol. The predicted molar refractivity (Wildman–Crippen MR) is 110 cm³/mol. The van der Waals surface area contributed by atoms with Gasteiger partial charge in [-0.3, -0.25) is 4.79 Å². The van der Waals surface area contributed by atoms with Gasteiger partial charge in [-0.05, 0) is 24.6 Å². The first-order valence-corrected chi connectivity index (χ1v) is 9.97. The molecular weight excluding hydrogens is 342 g/mol. The molecule has 2 nitrogen and oxygen atoms in total. The van der Waals surface area contributed by atoms with Crippen molar-refractivity contribution in [1.29, 1.82) is 0 Å². The third-order valence-corrected chi connectivity index (χ3v) is 5.23. The van der Waals surface area contributed by atoms with E-state index in [1.807, 2.05) is 36.5 Å². The number of para-hydroxylation sites is 1. The lowest BCUT2D eigenvalue weighted by Gasteiger charge is -2.05. The average Bonchev–Trinajstić information content (AvgIpc) is 3.03. The van der Waals surface area contributed by atoms with Crippen molar-refractivity contribution in [2.75, 3.05) is 0 Å². The molecule has 0 bridgehead atoms. The van der Waals surface area contributed by atoms with Gasteiger partial charge in [0.15, 0.2) is 5.78 Å². The number of aryl methyl sites for hydroxylation is 1. The van der Waals surface area contributed by atoms with Crippen molar-refractivity contribution < 1.29 is 4.79 Å². The van der Waals surface area contributed by atoms with E-state index in [1.165, 1.54) is 32.1 Å². The van der Waals surface area contributed by atoms with E-state index in [-0.39, 0.29) is 5.78 Å². The lowest BCUT2D eigenvalue weighted by atomic mass is 10.0. The minimum atomic E-state index is -0.00602. The van der Waals surface area contributed by atoms with Gasteiger partial charge >= 0.3 is 0 Å². The molecule has 3 heteroatoms. The Kier molecular flexibility index (Phi) is 6.51. The Morgan fingerprint density at radius 3 is 2.38 bits per heavy atom. The minimum absolute atomic E-state index is 0.00602. The number of hydrogen-bond acceptors (Lipinski definition) is 1. The van der Waals surface area contributed by atoms with Gasteiger partial charge in [0.2, 0.25) is 0 Å². The summed E-state index contributed by atoms with van der Waals surface area (Å²) in [6.07, 6.45) is 9.58. The quantitative estimate of drug-likeness (QED) is 0.298. The molecule has 0 atom stereocenters. The summed E-state index contributed by atoms with van der Waals surface area (Å²) >= 11 is 6.24. The lowest BCUT2D eigenvalue weighted by molar-refractivity contribution is 0.104. The van der Waals surface area contributed by atoms with Crippen molar-refractivity contribution in [2.24, 2.45) is 0 Å². The fourth-order valence-corrected chi connectivity index (χ4v) is 3.69. The fourth-order valence-electron chi connectivity index (χ4n) is 3.47. The molecule has 0 amide bonds. The van der Waals surface area contributed by atoms with Crippen LogP contribution in [0.1, 0.15) is 61.4 Å². The summed E-state index contributed by atoms with van der Waals surface area (Å²) in [4.78, 5) is 13.0. The monoisotopic (exact) mass is 367 g/mol. The largest absolute Gasteiger partial charge is 0.347 e. The molecule has 0 saturated heterocycles. The smallest absolute Gasteiger partial charge is 0.196 e. The molecule has 1 heterocycles. The van der Waals surface area contributed by atoms with Gasteiger partial charge in [0, 0.05) is 34.8 Å². The second kappa shape index (κ2) is 9.05. The zero-order valence-corrected chi connectivity index (χ0v) is 16.1. The number of rotatable bonds is 9. The molecule has 0 aliphatic heterocycles. The van der Waals surface area contributed by atoms with Gasteiger partial charge < -0.3 is 4.57 Å². The van der Waals surface area contributed by atoms with E-state index in [2.05, 4.69) is 17.6 Å². The van der Waals surface area contributed by atoms with Gasteiger partial charge in [0.25, 0.3) is 0 Å². The Morgan fingerprint density at radius 1 is 0.885 bits per heavy atom. The number of ketones is 1. The highest BCUT2D eigenvalue weighted by Gasteiger charge is 2.18. The maximum Gasteiger partial charge on any atom is 0.196 e. The van der Waals surface area contributed by atoms with Crippen molar-refractivity contribution in [3.8, 4) is 0 Å². The van der Waals surface area contributed by atoms with Gasteiger partial charge in [0.05, 0.1) is 5.02 Å². The number of carbonyl (C=O) groups excluding carboxylic acids is 1. The molecule has 3 aromatic rings. The zero-order chi connectivity index (χ0) is 18.4. The summed E-state index contributed by atoms with van der Waals surface area (Å²) in [7, 11) is 0. The maximum atomic E-state index is 13.0. The van der Waals surface area contributed by atoms with Crippen LogP contribution in [0.5, 0.6) is 0 Å². The summed E-state index contributed by atoms with van der Waals surface area (Å²) in [6.45, 7) is 3.19. The van der Waals surface area contributed by atoms with Crippen LogP contribution in [0.4, 0.5) is 0 Å². The normalized spacial score (nSPS) is 11.2. The Balaban J connectivity index is 1.81. The highest BCUT2D eigenvalue weighted by molar-refractivity contribution is 6.35. The lowest BCUT2D eigenvalue weighted by Crippen LogP contribution is -2.02. The summed E-state index contributed by atoms with van der Waals surface area (Å²) in [5, 5.41) is 1.51. The predicted octanol–water partition coefficient (Wildman–Crippen LogP) is 6.89. The molecule has 0 aliphatic rings. The number of unbranched alkanes of at least 4 members (excludes halogenated alkanes) is 5. The van der Waals surface area contributed by atoms with Crippen molar-refractivity contribution in [2.45, 2.75) is 52.0 Å². The number of hydrogen-bond donors (Lipinski definition) is 0. The maximum absolute atomic E-state index is 13.0. The summed E-state index contributed by atoms with van der Waals surface area (Å²) in [6, 6.07) is 15.4. The molecule has 0 unspecified atom stereocenters. The molecule has 0 N–H and O–H groups in total. The number of carbonyl (C=O) groups is 1. The third-order valence-electron chi connectivity index (χ3n) is 4.90. The van der Waals surface area contributed by atoms with E-state index in [0.717, 1.165) is 29.4 Å². The van der Waals surface area contributed by atoms with E-state index in [9.17, 15) is 4.79 Å². The van der Waals surface area contributed by atoms with Crippen LogP contribution in [0.25, 0.3) is 10.9 Å². The molecule has 136 valence electrons. The highest BCUT2D eigenvalue weighted by atomic mass is 35.5. The Morgan fingerprint density at radius 2 is 1.58 bits per heavy atom. The van der Waals surface area contributed by atoms with E-state index >= 15 is 0 Å². The number of aromatic nitrogens is 1. The van der Waals surface area contributed by atoms with Crippen LogP contribution in [-0.4, -0.2) is 10.4 Å². The van der Waals surface area contributed by atoms with Crippen molar-refractivity contribution in [3.63, 3.8) is 0 Å². The highest BCUT2D eigenvalue weighted by Crippen LogP contribution is 2.27. The number of fused-ring (bicyclic) bond motifs is 1. The van der Waals surface area contributed by atoms with Crippen molar-refractivity contribution >= 4 is 28.3 Å². The molecule has 26 heavy (non-hydrogen) atoms. The summed E-state index contributed by atoms with van der Waals surface area (Å²) in [5.41, 5.74) is 2.42. The van der Waals surface area contributed by atoms with E-state index < -0.39 is 0 Å². The fraction of sp³-hybridized carbons (Fsp3) is 0.348. The topological polar surface area (TPSA) is 22.0 Å². The Hall–Kier alpha value is -2.06. The Bertz CT molecular complexity index is 881. The molecule has 0 aliphatic carbocycles. The second-order valence-electron chi connectivity index (χ2n) is 6.83. The van der Waals surface area contributed by atoms with Gasteiger partial charge in [-0.2, -0.15) is 0 Å². The molecule has 0 saturated carbocycles. The zero-order valence-electron chi connectivity index (χ0n) is 15.4. The molecule has 0 fully saturated rings. The second-order valence-corrected chi connectivity index (χ2v) is 7.24. The molecular formula is C23H26ClNO. The van der Waals surface area contributed by atoms with Crippen LogP contribution >= 0.6 is 11.6 Å². The Labute approximate surface area is 160 Å². The summed E-state index contributed by atoms with van der Waals surface area (Å²) < 4.78 is 2.22. The summed E-state index contributed by atoms with van der Waals surface area (Å²) in [5.74, 6) is -0.00602. The van der Waals surface area contributed by atoms with E-state index in [1.54, 1.807) is 12.1 Å². The number of halogens is 1.